The first-order valence-corrected chi connectivity index (χ1v) is 12.2. The molecule has 2 heterocycles. The van der Waals surface area contributed by atoms with Crippen LogP contribution in [0.3, 0.4) is 0 Å². The van der Waals surface area contributed by atoms with Crippen LogP contribution in [-0.4, -0.2) is 69.6 Å². The Bertz CT molecular complexity index is 756. The zero-order chi connectivity index (χ0) is 22.5. The highest BCUT2D eigenvalue weighted by Gasteiger charge is 2.28. The van der Waals surface area contributed by atoms with E-state index >= 15 is 0 Å². The number of anilines is 1. The molecule has 1 amide bonds. The van der Waals surface area contributed by atoms with Gasteiger partial charge < -0.3 is 24.4 Å². The van der Waals surface area contributed by atoms with Crippen LogP contribution >= 0.6 is 0 Å². The quantitative estimate of drug-likeness (QED) is 0.663. The van der Waals surface area contributed by atoms with Gasteiger partial charge in [0.1, 0.15) is 6.10 Å². The van der Waals surface area contributed by atoms with Crippen LogP contribution in [0, 0.1) is 11.8 Å². The first-order chi connectivity index (χ1) is 15.5. The molecule has 1 atom stereocenters. The van der Waals surface area contributed by atoms with Gasteiger partial charge in [-0.3, -0.25) is 9.69 Å². The Labute approximate surface area is 192 Å². The van der Waals surface area contributed by atoms with Crippen LogP contribution in [-0.2, 0) is 9.53 Å². The smallest absolute Gasteiger partial charge is 0.249 e. The normalized spacial score (nSPS) is 24.6. The van der Waals surface area contributed by atoms with E-state index in [0.717, 1.165) is 62.1 Å². The summed E-state index contributed by atoms with van der Waals surface area (Å²) in [6.45, 7) is 9.76. The standard InChI is InChI=1S/C25H39N3O4/c1-18(2)23(30-3)25(29)26-20-9-7-19(8-10-20)11-12-27-13-15-28(16-14-27)21-5-4-6-22-24(21)32-17-31-22/h4-6,18-20,23H,7-17H2,1-3H3,(H,26,29)/t19-,20-,23-/m1/s1. The number of methoxy groups -OCH3 is 1. The second-order valence-electron chi connectivity index (χ2n) is 9.75. The van der Waals surface area contributed by atoms with Crippen molar-refractivity contribution in [3.63, 3.8) is 0 Å². The van der Waals surface area contributed by atoms with Crippen LogP contribution in [0.5, 0.6) is 11.5 Å². The van der Waals surface area contributed by atoms with Crippen molar-refractivity contribution in [1.82, 2.24) is 10.2 Å². The van der Waals surface area contributed by atoms with E-state index in [9.17, 15) is 4.79 Å². The van der Waals surface area contributed by atoms with Gasteiger partial charge in [-0.25, -0.2) is 0 Å². The van der Waals surface area contributed by atoms with E-state index in [-0.39, 0.29) is 17.9 Å². The maximum Gasteiger partial charge on any atom is 0.249 e. The predicted molar refractivity (Wildman–Crippen MR) is 125 cm³/mol. The fourth-order valence-corrected chi connectivity index (χ4v) is 5.30. The van der Waals surface area contributed by atoms with Crippen molar-refractivity contribution in [3.8, 4) is 11.5 Å². The molecular formula is C25H39N3O4. The van der Waals surface area contributed by atoms with Crippen molar-refractivity contribution in [2.45, 2.75) is 58.1 Å². The summed E-state index contributed by atoms with van der Waals surface area (Å²) in [7, 11) is 1.62. The van der Waals surface area contributed by atoms with Gasteiger partial charge in [0, 0.05) is 39.3 Å². The van der Waals surface area contributed by atoms with Crippen LogP contribution in [0.1, 0.15) is 46.0 Å². The first-order valence-electron chi connectivity index (χ1n) is 12.2. The van der Waals surface area contributed by atoms with Gasteiger partial charge in [-0.05, 0) is 62.6 Å². The molecule has 178 valence electrons. The van der Waals surface area contributed by atoms with Crippen LogP contribution in [0.4, 0.5) is 5.69 Å². The van der Waals surface area contributed by atoms with E-state index in [1.165, 1.54) is 25.8 Å². The van der Waals surface area contributed by atoms with E-state index in [1.54, 1.807) is 7.11 Å². The number of rotatable bonds is 8. The van der Waals surface area contributed by atoms with Crippen molar-refractivity contribution in [2.24, 2.45) is 11.8 Å². The third-order valence-corrected chi connectivity index (χ3v) is 7.25. The molecular weight excluding hydrogens is 406 g/mol. The van der Waals surface area contributed by atoms with E-state index in [0.29, 0.717) is 12.8 Å². The molecule has 1 N–H and O–H groups in total. The maximum absolute atomic E-state index is 12.4. The molecule has 1 aliphatic carbocycles. The zero-order valence-electron chi connectivity index (χ0n) is 19.8. The number of nitrogens with zero attached hydrogens (tertiary/aromatic N) is 2. The monoisotopic (exact) mass is 445 g/mol. The summed E-state index contributed by atoms with van der Waals surface area (Å²) in [4.78, 5) is 17.4. The molecule has 7 heteroatoms. The number of benzene rings is 1. The molecule has 0 radical (unpaired) electrons. The Morgan fingerprint density at radius 3 is 2.56 bits per heavy atom. The number of para-hydroxylation sites is 1. The van der Waals surface area contributed by atoms with Gasteiger partial charge in [0.15, 0.2) is 11.5 Å². The fraction of sp³-hybridized carbons (Fsp3) is 0.720. The number of amides is 1. The summed E-state index contributed by atoms with van der Waals surface area (Å²) in [5.41, 5.74) is 1.16. The summed E-state index contributed by atoms with van der Waals surface area (Å²) in [5.74, 6) is 2.77. The molecule has 1 aromatic rings. The topological polar surface area (TPSA) is 63.3 Å². The highest BCUT2D eigenvalue weighted by Crippen LogP contribution is 2.41. The summed E-state index contributed by atoms with van der Waals surface area (Å²) in [6.07, 6.45) is 5.49. The Morgan fingerprint density at radius 2 is 1.88 bits per heavy atom. The molecule has 0 unspecified atom stereocenters. The van der Waals surface area contributed by atoms with Gasteiger partial charge in [0.2, 0.25) is 12.7 Å². The number of ether oxygens (including phenoxy) is 3. The number of carbonyl (C=O) groups is 1. The Kier molecular flexibility index (Phi) is 7.79. The summed E-state index contributed by atoms with van der Waals surface area (Å²) in [5, 5.41) is 3.22. The summed E-state index contributed by atoms with van der Waals surface area (Å²) >= 11 is 0. The lowest BCUT2D eigenvalue weighted by molar-refractivity contribution is -0.134. The minimum Gasteiger partial charge on any atom is -0.454 e. The third kappa shape index (κ3) is 5.49. The van der Waals surface area contributed by atoms with Crippen LogP contribution in [0.25, 0.3) is 0 Å². The fourth-order valence-electron chi connectivity index (χ4n) is 5.30. The molecule has 0 bridgehead atoms. The highest BCUT2D eigenvalue weighted by molar-refractivity contribution is 5.81. The highest BCUT2D eigenvalue weighted by atomic mass is 16.7. The first kappa shape index (κ1) is 23.2. The minimum atomic E-state index is -0.345. The van der Waals surface area contributed by atoms with Crippen molar-refractivity contribution >= 4 is 11.6 Å². The molecule has 2 fully saturated rings. The number of fused-ring (bicyclic) bond motifs is 1. The average molecular weight is 446 g/mol. The van der Waals surface area contributed by atoms with Crippen LogP contribution < -0.4 is 19.7 Å². The summed E-state index contributed by atoms with van der Waals surface area (Å²) < 4.78 is 16.6. The third-order valence-electron chi connectivity index (χ3n) is 7.25. The van der Waals surface area contributed by atoms with E-state index in [4.69, 9.17) is 14.2 Å². The molecule has 3 aliphatic rings. The maximum atomic E-state index is 12.4. The lowest BCUT2D eigenvalue weighted by atomic mass is 9.84. The van der Waals surface area contributed by atoms with Gasteiger partial charge >= 0.3 is 0 Å². The minimum absolute atomic E-state index is 0.0462. The second kappa shape index (κ2) is 10.8. The van der Waals surface area contributed by atoms with Crippen LogP contribution in [0.15, 0.2) is 18.2 Å². The predicted octanol–water partition coefficient (Wildman–Crippen LogP) is 3.27. The summed E-state index contributed by atoms with van der Waals surface area (Å²) in [6, 6.07) is 6.46. The molecule has 0 spiro atoms. The molecule has 0 aromatic heterocycles. The van der Waals surface area contributed by atoms with Crippen molar-refractivity contribution < 1.29 is 19.0 Å². The average Bonchev–Trinajstić information content (AvgIpc) is 3.28. The molecule has 2 aliphatic heterocycles. The molecule has 32 heavy (non-hydrogen) atoms. The van der Waals surface area contributed by atoms with E-state index in [2.05, 4.69) is 21.2 Å². The SMILES string of the molecule is CO[C@@H](C(=O)N[C@H]1CC[C@H](CCN2CCN(c3cccc4c3OCO4)CC2)CC1)C(C)C. The molecule has 1 saturated carbocycles. The van der Waals surface area contributed by atoms with Gasteiger partial charge in [-0.1, -0.05) is 19.9 Å². The number of hydrogen-bond acceptors (Lipinski definition) is 6. The Hall–Kier alpha value is -1.99. The number of hydrogen-bond donors (Lipinski definition) is 1. The Morgan fingerprint density at radius 1 is 1.12 bits per heavy atom. The molecule has 7 nitrogen and oxygen atoms in total. The second-order valence-corrected chi connectivity index (χ2v) is 9.75. The molecule has 4 rings (SSSR count). The van der Waals surface area contributed by atoms with Crippen molar-refractivity contribution in [2.75, 3.05) is 51.5 Å². The van der Waals surface area contributed by atoms with E-state index in [1.807, 2.05) is 26.0 Å². The number of carbonyl (C=O) groups excluding carboxylic acids is 1. The lowest BCUT2D eigenvalue weighted by Gasteiger charge is -2.37. The lowest BCUT2D eigenvalue weighted by Crippen LogP contribution is -2.47. The van der Waals surface area contributed by atoms with Crippen molar-refractivity contribution in [1.29, 1.82) is 0 Å². The van der Waals surface area contributed by atoms with Gasteiger partial charge in [0.05, 0.1) is 5.69 Å². The number of nitrogens with one attached hydrogen (secondary N) is 1. The van der Waals surface area contributed by atoms with Gasteiger partial charge in [-0.15, -0.1) is 0 Å². The zero-order valence-corrected chi connectivity index (χ0v) is 19.8. The number of piperazine rings is 1. The van der Waals surface area contributed by atoms with E-state index < -0.39 is 0 Å². The Balaban J connectivity index is 1.15. The van der Waals surface area contributed by atoms with Gasteiger partial charge in [-0.2, -0.15) is 0 Å². The largest absolute Gasteiger partial charge is 0.454 e. The van der Waals surface area contributed by atoms with Crippen LogP contribution in [0.2, 0.25) is 0 Å². The van der Waals surface area contributed by atoms with Gasteiger partial charge in [0.25, 0.3) is 0 Å². The molecule has 1 saturated heterocycles. The molecule has 1 aromatic carbocycles. The van der Waals surface area contributed by atoms with Crippen molar-refractivity contribution in [3.05, 3.63) is 18.2 Å².